The second kappa shape index (κ2) is 5.08. The highest BCUT2D eigenvalue weighted by Gasteiger charge is 2.22. The normalized spacial score (nSPS) is 25.1. The van der Waals surface area contributed by atoms with Gasteiger partial charge >= 0.3 is 0 Å². The highest BCUT2D eigenvalue weighted by molar-refractivity contribution is 5.42. The Morgan fingerprint density at radius 2 is 2.12 bits per heavy atom. The van der Waals surface area contributed by atoms with Crippen LogP contribution in [0, 0.1) is 12.8 Å². The first-order chi connectivity index (χ1) is 8.09. The first-order valence-electron chi connectivity index (χ1n) is 6.49. The Labute approximate surface area is 103 Å². The van der Waals surface area contributed by atoms with Gasteiger partial charge in [-0.3, -0.25) is 4.68 Å². The van der Waals surface area contributed by atoms with E-state index >= 15 is 0 Å². The summed E-state index contributed by atoms with van der Waals surface area (Å²) in [4.78, 5) is 0. The third kappa shape index (κ3) is 2.63. The number of hydrogen-bond donors (Lipinski definition) is 1. The fraction of sp³-hybridized carbons (Fsp3) is 0.769. The van der Waals surface area contributed by atoms with Crippen molar-refractivity contribution in [2.45, 2.75) is 52.2 Å². The number of aromatic nitrogens is 2. The fourth-order valence-corrected chi connectivity index (χ4v) is 2.62. The number of nitrogen functional groups attached to an aromatic ring is 1. The molecule has 2 rings (SSSR count). The van der Waals surface area contributed by atoms with Crippen LogP contribution in [0.4, 0.5) is 5.82 Å². The number of aryl methyl sites for hydroxylation is 2. The lowest BCUT2D eigenvalue weighted by atomic mass is 9.88. The molecule has 1 aromatic heterocycles. The molecule has 17 heavy (non-hydrogen) atoms. The van der Waals surface area contributed by atoms with Gasteiger partial charge in [-0.2, -0.15) is 5.10 Å². The summed E-state index contributed by atoms with van der Waals surface area (Å²) in [6.45, 7) is 4.86. The van der Waals surface area contributed by atoms with Crippen LogP contribution in [0.1, 0.15) is 43.9 Å². The Morgan fingerprint density at radius 1 is 1.41 bits per heavy atom. The lowest BCUT2D eigenvalue weighted by molar-refractivity contribution is -0.0154. The highest BCUT2D eigenvalue weighted by atomic mass is 16.5. The average molecular weight is 237 g/mol. The van der Waals surface area contributed by atoms with Gasteiger partial charge in [-0.15, -0.1) is 0 Å². The minimum atomic E-state index is 0.391. The molecule has 1 saturated carbocycles. The van der Waals surface area contributed by atoms with Crippen molar-refractivity contribution >= 4 is 5.82 Å². The monoisotopic (exact) mass is 237 g/mol. The standard InChI is InChI=1S/C13H23N3O/c1-9-6-4-5-7-12(9)17-8-11-10(2)15-16(3)13(11)14/h9,12H,4-8,14H2,1-3H3. The molecule has 1 aromatic rings. The molecule has 1 aliphatic carbocycles. The molecule has 2 atom stereocenters. The zero-order valence-corrected chi connectivity index (χ0v) is 11.1. The topological polar surface area (TPSA) is 53.1 Å². The maximum atomic E-state index is 6.02. The van der Waals surface area contributed by atoms with Gasteiger partial charge in [-0.05, 0) is 25.7 Å². The van der Waals surface area contributed by atoms with Crippen molar-refractivity contribution in [3.63, 3.8) is 0 Å². The molecule has 1 fully saturated rings. The van der Waals surface area contributed by atoms with Gasteiger partial charge in [0.05, 0.1) is 18.4 Å². The SMILES string of the molecule is Cc1nn(C)c(N)c1COC1CCCCC1C. The lowest BCUT2D eigenvalue weighted by Crippen LogP contribution is -2.25. The van der Waals surface area contributed by atoms with Crippen LogP contribution >= 0.6 is 0 Å². The molecule has 0 aliphatic heterocycles. The number of anilines is 1. The molecule has 4 nitrogen and oxygen atoms in total. The summed E-state index contributed by atoms with van der Waals surface area (Å²) in [5.74, 6) is 1.40. The molecule has 0 radical (unpaired) electrons. The van der Waals surface area contributed by atoms with Crippen molar-refractivity contribution in [1.29, 1.82) is 0 Å². The number of hydrogen-bond acceptors (Lipinski definition) is 3. The summed E-state index contributed by atoms with van der Waals surface area (Å²) in [6, 6.07) is 0. The lowest BCUT2D eigenvalue weighted by Gasteiger charge is -2.28. The van der Waals surface area contributed by atoms with Crippen LogP contribution < -0.4 is 5.73 Å². The second-order valence-electron chi connectivity index (χ2n) is 5.18. The Balaban J connectivity index is 1.97. The number of rotatable bonds is 3. The summed E-state index contributed by atoms with van der Waals surface area (Å²) in [5.41, 5.74) is 8.00. The number of ether oxygens (including phenoxy) is 1. The van der Waals surface area contributed by atoms with E-state index in [0.29, 0.717) is 18.6 Å². The highest BCUT2D eigenvalue weighted by Crippen LogP contribution is 2.28. The Kier molecular flexibility index (Phi) is 3.72. The predicted molar refractivity (Wildman–Crippen MR) is 68.6 cm³/mol. The summed E-state index contributed by atoms with van der Waals surface area (Å²) in [6.07, 6.45) is 5.49. The minimum Gasteiger partial charge on any atom is -0.384 e. The van der Waals surface area contributed by atoms with E-state index in [1.807, 2.05) is 14.0 Å². The van der Waals surface area contributed by atoms with Crippen molar-refractivity contribution < 1.29 is 4.74 Å². The minimum absolute atomic E-state index is 0.391. The molecule has 0 spiro atoms. The Bertz CT molecular complexity index is 386. The zero-order chi connectivity index (χ0) is 12.4. The summed E-state index contributed by atoms with van der Waals surface area (Å²) in [7, 11) is 1.87. The van der Waals surface area contributed by atoms with Gasteiger partial charge in [0.25, 0.3) is 0 Å². The van der Waals surface area contributed by atoms with Crippen LogP contribution in [-0.4, -0.2) is 15.9 Å². The van der Waals surface area contributed by atoms with E-state index < -0.39 is 0 Å². The molecule has 1 heterocycles. The second-order valence-corrected chi connectivity index (χ2v) is 5.18. The molecule has 1 aliphatic rings. The molecule has 4 heteroatoms. The number of nitrogens with two attached hydrogens (primary N) is 1. The maximum absolute atomic E-state index is 6.02. The van der Waals surface area contributed by atoms with Gasteiger partial charge in [0.1, 0.15) is 5.82 Å². The Morgan fingerprint density at radius 3 is 2.71 bits per heavy atom. The van der Waals surface area contributed by atoms with Gasteiger partial charge in [0.2, 0.25) is 0 Å². The first kappa shape index (κ1) is 12.4. The summed E-state index contributed by atoms with van der Waals surface area (Å²) in [5, 5.41) is 4.31. The molecule has 0 aromatic carbocycles. The summed E-state index contributed by atoms with van der Waals surface area (Å²) < 4.78 is 7.74. The van der Waals surface area contributed by atoms with Crippen molar-refractivity contribution in [3.05, 3.63) is 11.3 Å². The van der Waals surface area contributed by atoms with Crippen molar-refractivity contribution in [2.75, 3.05) is 5.73 Å². The molecule has 0 amide bonds. The van der Waals surface area contributed by atoms with E-state index in [-0.39, 0.29) is 0 Å². The van der Waals surface area contributed by atoms with Crippen LogP contribution in [0.15, 0.2) is 0 Å². The van der Waals surface area contributed by atoms with E-state index in [9.17, 15) is 0 Å². The predicted octanol–water partition coefficient (Wildman–Crippen LogP) is 2.41. The van der Waals surface area contributed by atoms with E-state index in [0.717, 1.165) is 17.1 Å². The van der Waals surface area contributed by atoms with Crippen LogP contribution in [-0.2, 0) is 18.4 Å². The third-order valence-electron chi connectivity index (χ3n) is 3.87. The average Bonchev–Trinajstić information content (AvgIpc) is 2.53. The van der Waals surface area contributed by atoms with Crippen LogP contribution in [0.2, 0.25) is 0 Å². The summed E-state index contributed by atoms with van der Waals surface area (Å²) >= 11 is 0. The van der Waals surface area contributed by atoms with Crippen LogP contribution in [0.3, 0.4) is 0 Å². The van der Waals surface area contributed by atoms with Crippen LogP contribution in [0.5, 0.6) is 0 Å². The largest absolute Gasteiger partial charge is 0.384 e. The molecule has 96 valence electrons. The zero-order valence-electron chi connectivity index (χ0n) is 11.1. The first-order valence-corrected chi connectivity index (χ1v) is 6.49. The van der Waals surface area contributed by atoms with E-state index in [1.54, 1.807) is 4.68 Å². The third-order valence-corrected chi connectivity index (χ3v) is 3.87. The van der Waals surface area contributed by atoms with Crippen molar-refractivity contribution in [2.24, 2.45) is 13.0 Å². The quantitative estimate of drug-likeness (QED) is 0.878. The Hall–Kier alpha value is -1.03. The van der Waals surface area contributed by atoms with Gasteiger partial charge in [0.15, 0.2) is 0 Å². The van der Waals surface area contributed by atoms with Crippen molar-refractivity contribution in [1.82, 2.24) is 9.78 Å². The van der Waals surface area contributed by atoms with Gasteiger partial charge in [0, 0.05) is 12.6 Å². The molecular weight excluding hydrogens is 214 g/mol. The van der Waals surface area contributed by atoms with Crippen molar-refractivity contribution in [3.8, 4) is 0 Å². The van der Waals surface area contributed by atoms with E-state index in [1.165, 1.54) is 25.7 Å². The van der Waals surface area contributed by atoms with Gasteiger partial charge in [-0.1, -0.05) is 19.8 Å². The smallest absolute Gasteiger partial charge is 0.127 e. The molecule has 0 saturated heterocycles. The van der Waals surface area contributed by atoms with E-state index in [4.69, 9.17) is 10.5 Å². The molecule has 0 bridgehead atoms. The van der Waals surface area contributed by atoms with E-state index in [2.05, 4.69) is 12.0 Å². The number of nitrogens with zero attached hydrogens (tertiary/aromatic N) is 2. The van der Waals surface area contributed by atoms with Gasteiger partial charge in [-0.25, -0.2) is 0 Å². The fourth-order valence-electron chi connectivity index (χ4n) is 2.62. The molecule has 2 unspecified atom stereocenters. The van der Waals surface area contributed by atoms with Crippen LogP contribution in [0.25, 0.3) is 0 Å². The molecular formula is C13H23N3O. The maximum Gasteiger partial charge on any atom is 0.127 e. The van der Waals surface area contributed by atoms with Gasteiger partial charge < -0.3 is 10.5 Å². The molecule has 2 N–H and O–H groups in total.